The van der Waals surface area contributed by atoms with Crippen LogP contribution in [0, 0.1) is 0 Å². The summed E-state index contributed by atoms with van der Waals surface area (Å²) in [4.78, 5) is 4.22. The summed E-state index contributed by atoms with van der Waals surface area (Å²) in [5, 5.41) is 10.4. The predicted octanol–water partition coefficient (Wildman–Crippen LogP) is 2.88. The average Bonchev–Trinajstić information content (AvgIpc) is 2.29. The van der Waals surface area contributed by atoms with E-state index >= 15 is 0 Å². The number of aliphatic hydroxyl groups is 1. The van der Waals surface area contributed by atoms with E-state index in [-0.39, 0.29) is 0 Å². The van der Waals surface area contributed by atoms with Crippen molar-refractivity contribution >= 4 is 0 Å². The van der Waals surface area contributed by atoms with Gasteiger partial charge in [0.05, 0.1) is 7.11 Å². The molecule has 0 aromatic carbocycles. The van der Waals surface area contributed by atoms with Crippen molar-refractivity contribution < 1.29 is 9.84 Å². The van der Waals surface area contributed by atoms with Crippen LogP contribution in [0.15, 0.2) is 18.3 Å². The van der Waals surface area contributed by atoms with Crippen molar-refractivity contribution in [3.8, 4) is 5.75 Å². The first kappa shape index (κ1) is 13.0. The fourth-order valence-electron chi connectivity index (χ4n) is 1.80. The third kappa shape index (κ3) is 3.20. The first-order chi connectivity index (χ1) is 7.61. The first-order valence-electron chi connectivity index (χ1n) is 5.83. The second-order valence-corrected chi connectivity index (χ2v) is 4.29. The molecule has 0 spiro atoms. The minimum absolute atomic E-state index is 0.633. The largest absolute Gasteiger partial charge is 0.495 e. The van der Waals surface area contributed by atoms with E-state index < -0.39 is 5.60 Å². The normalized spacial score (nSPS) is 14.5. The summed E-state index contributed by atoms with van der Waals surface area (Å²) < 4.78 is 5.22. The maximum atomic E-state index is 10.4. The Bertz CT molecular complexity index is 323. The molecule has 1 unspecified atom stereocenters. The molecule has 1 atom stereocenters. The van der Waals surface area contributed by atoms with E-state index in [9.17, 15) is 5.11 Å². The zero-order valence-corrected chi connectivity index (χ0v) is 10.4. The number of rotatable bonds is 6. The van der Waals surface area contributed by atoms with Gasteiger partial charge in [-0.25, -0.2) is 0 Å². The van der Waals surface area contributed by atoms with Crippen LogP contribution in [0.25, 0.3) is 0 Å². The van der Waals surface area contributed by atoms with E-state index in [1.807, 2.05) is 12.1 Å². The number of hydrogen-bond acceptors (Lipinski definition) is 3. The van der Waals surface area contributed by atoms with Crippen molar-refractivity contribution in [3.63, 3.8) is 0 Å². The lowest BCUT2D eigenvalue weighted by molar-refractivity contribution is 0.0379. The zero-order chi connectivity index (χ0) is 12.0. The highest BCUT2D eigenvalue weighted by molar-refractivity contribution is 5.31. The number of methoxy groups -OCH3 is 1. The molecule has 16 heavy (non-hydrogen) atoms. The Morgan fingerprint density at radius 3 is 2.81 bits per heavy atom. The van der Waals surface area contributed by atoms with E-state index in [1.165, 1.54) is 0 Å². The molecule has 1 aromatic rings. The minimum Gasteiger partial charge on any atom is -0.495 e. The van der Waals surface area contributed by atoms with Gasteiger partial charge in [0.2, 0.25) is 0 Å². The van der Waals surface area contributed by atoms with Crippen LogP contribution in [0.5, 0.6) is 5.75 Å². The molecule has 0 fully saturated rings. The molecule has 90 valence electrons. The van der Waals surface area contributed by atoms with Crippen molar-refractivity contribution in [1.29, 1.82) is 0 Å². The van der Waals surface area contributed by atoms with Crippen molar-refractivity contribution in [3.05, 3.63) is 24.0 Å². The van der Waals surface area contributed by atoms with E-state index in [1.54, 1.807) is 20.2 Å². The molecule has 0 saturated carbocycles. The van der Waals surface area contributed by atoms with Gasteiger partial charge in [0.1, 0.15) is 17.0 Å². The Morgan fingerprint density at radius 1 is 1.44 bits per heavy atom. The van der Waals surface area contributed by atoms with E-state index in [0.717, 1.165) is 19.3 Å². The standard InChI is InChI=1S/C13H21NO2/c1-4-5-6-9-13(2,15)12-11(16-3)8-7-10-14-12/h7-8,10,15H,4-6,9H2,1-3H3. The number of pyridine rings is 1. The molecule has 0 aliphatic heterocycles. The van der Waals surface area contributed by atoms with Gasteiger partial charge in [-0.05, 0) is 25.5 Å². The van der Waals surface area contributed by atoms with Gasteiger partial charge in [-0.15, -0.1) is 0 Å². The molecule has 1 N–H and O–H groups in total. The van der Waals surface area contributed by atoms with Crippen LogP contribution in [0.2, 0.25) is 0 Å². The highest BCUT2D eigenvalue weighted by atomic mass is 16.5. The third-order valence-electron chi connectivity index (χ3n) is 2.77. The second kappa shape index (κ2) is 5.85. The maximum absolute atomic E-state index is 10.4. The smallest absolute Gasteiger partial charge is 0.143 e. The van der Waals surface area contributed by atoms with Gasteiger partial charge in [-0.3, -0.25) is 4.98 Å². The summed E-state index contributed by atoms with van der Waals surface area (Å²) in [7, 11) is 1.60. The topological polar surface area (TPSA) is 42.4 Å². The highest BCUT2D eigenvalue weighted by Gasteiger charge is 2.27. The van der Waals surface area contributed by atoms with Crippen molar-refractivity contribution in [2.75, 3.05) is 7.11 Å². The number of unbranched alkanes of at least 4 members (excludes halogenated alkanes) is 2. The van der Waals surface area contributed by atoms with E-state index in [0.29, 0.717) is 17.9 Å². The SMILES string of the molecule is CCCCCC(C)(O)c1ncccc1OC. The van der Waals surface area contributed by atoms with Gasteiger partial charge in [0.15, 0.2) is 0 Å². The molecule has 0 radical (unpaired) electrons. The van der Waals surface area contributed by atoms with Crippen molar-refractivity contribution in [2.24, 2.45) is 0 Å². The summed E-state index contributed by atoms with van der Waals surface area (Å²) in [5.74, 6) is 0.656. The van der Waals surface area contributed by atoms with E-state index in [4.69, 9.17) is 4.74 Å². The summed E-state index contributed by atoms with van der Waals surface area (Å²) in [6.45, 7) is 3.95. The molecule has 3 heteroatoms. The van der Waals surface area contributed by atoms with Gasteiger partial charge < -0.3 is 9.84 Å². The van der Waals surface area contributed by atoms with Crippen LogP contribution in [0.4, 0.5) is 0 Å². The molecule has 0 aliphatic carbocycles. The molecule has 1 aromatic heterocycles. The number of hydrogen-bond donors (Lipinski definition) is 1. The molecule has 1 heterocycles. The fourth-order valence-corrected chi connectivity index (χ4v) is 1.80. The van der Waals surface area contributed by atoms with Gasteiger partial charge in [0, 0.05) is 6.20 Å². The Hall–Kier alpha value is -1.09. The van der Waals surface area contributed by atoms with Gasteiger partial charge in [-0.2, -0.15) is 0 Å². The Balaban J connectivity index is 2.79. The predicted molar refractivity (Wildman–Crippen MR) is 64.5 cm³/mol. The lowest BCUT2D eigenvalue weighted by atomic mass is 9.93. The molecule has 1 rings (SSSR count). The van der Waals surface area contributed by atoms with Crippen LogP contribution in [0.3, 0.4) is 0 Å². The molecular weight excluding hydrogens is 202 g/mol. The van der Waals surface area contributed by atoms with E-state index in [2.05, 4.69) is 11.9 Å². The highest BCUT2D eigenvalue weighted by Crippen LogP contribution is 2.31. The lowest BCUT2D eigenvalue weighted by Gasteiger charge is -2.24. The van der Waals surface area contributed by atoms with Gasteiger partial charge >= 0.3 is 0 Å². The minimum atomic E-state index is -0.901. The fraction of sp³-hybridized carbons (Fsp3) is 0.615. The molecular formula is C13H21NO2. The van der Waals surface area contributed by atoms with Crippen LogP contribution < -0.4 is 4.74 Å². The first-order valence-corrected chi connectivity index (χ1v) is 5.83. The second-order valence-electron chi connectivity index (χ2n) is 4.29. The Morgan fingerprint density at radius 2 is 2.19 bits per heavy atom. The van der Waals surface area contributed by atoms with Gasteiger partial charge in [-0.1, -0.05) is 26.2 Å². The average molecular weight is 223 g/mol. The molecule has 0 bridgehead atoms. The van der Waals surface area contributed by atoms with Crippen LogP contribution in [-0.4, -0.2) is 17.2 Å². The quantitative estimate of drug-likeness (QED) is 0.754. The molecule has 0 amide bonds. The molecule has 0 aliphatic rings. The van der Waals surface area contributed by atoms with Crippen molar-refractivity contribution in [2.45, 2.75) is 45.1 Å². The summed E-state index contributed by atoms with van der Waals surface area (Å²) >= 11 is 0. The zero-order valence-electron chi connectivity index (χ0n) is 10.4. The summed E-state index contributed by atoms with van der Waals surface area (Å²) in [5.41, 5.74) is -0.268. The van der Waals surface area contributed by atoms with Crippen LogP contribution in [-0.2, 0) is 5.60 Å². The van der Waals surface area contributed by atoms with Crippen LogP contribution in [0.1, 0.15) is 45.2 Å². The Labute approximate surface area is 97.5 Å². The van der Waals surface area contributed by atoms with Gasteiger partial charge in [0.25, 0.3) is 0 Å². The number of nitrogens with zero attached hydrogens (tertiary/aromatic N) is 1. The van der Waals surface area contributed by atoms with Crippen LogP contribution >= 0.6 is 0 Å². The maximum Gasteiger partial charge on any atom is 0.143 e. The summed E-state index contributed by atoms with van der Waals surface area (Å²) in [6, 6.07) is 3.64. The third-order valence-corrected chi connectivity index (χ3v) is 2.77. The molecule has 3 nitrogen and oxygen atoms in total. The number of ether oxygens (including phenoxy) is 1. The summed E-state index contributed by atoms with van der Waals surface area (Å²) in [6.07, 6.45) is 5.68. The monoisotopic (exact) mass is 223 g/mol. The lowest BCUT2D eigenvalue weighted by Crippen LogP contribution is -2.23. The number of aromatic nitrogens is 1. The van der Waals surface area contributed by atoms with Crippen molar-refractivity contribution in [1.82, 2.24) is 4.98 Å². The molecule has 0 saturated heterocycles. The Kier molecular flexibility index (Phi) is 4.74.